The Hall–Kier alpha value is -3.59. The van der Waals surface area contributed by atoms with E-state index in [1.807, 2.05) is 0 Å². The Morgan fingerprint density at radius 3 is 1.13 bits per heavy atom. The fourth-order valence-corrected chi connectivity index (χ4v) is 1.65. The van der Waals surface area contributed by atoms with E-state index in [-0.39, 0.29) is 6.42 Å². The first kappa shape index (κ1) is 28.6. The molecule has 0 radical (unpaired) electrons. The van der Waals surface area contributed by atoms with Crippen molar-refractivity contribution in [2.24, 2.45) is 0 Å². The summed E-state index contributed by atoms with van der Waals surface area (Å²) in [5, 5.41) is 60.2. The summed E-state index contributed by atoms with van der Waals surface area (Å²) in [6.45, 7) is 1.41. The molecule has 15 nitrogen and oxygen atoms in total. The molecule has 0 aliphatic carbocycles. The van der Waals surface area contributed by atoms with E-state index < -0.39 is 78.7 Å². The average Bonchev–Trinajstić information content (AvgIpc) is 2.52. The molecule has 15 heteroatoms. The van der Waals surface area contributed by atoms with Gasteiger partial charge in [-0.05, 0) is 0 Å². The Kier molecular flexibility index (Phi) is 11.5. The zero-order valence-corrected chi connectivity index (χ0v) is 15.4. The van der Waals surface area contributed by atoms with Crippen LogP contribution in [0.1, 0.15) is 39.0 Å². The Morgan fingerprint density at radius 1 is 0.600 bits per heavy atom. The first-order valence-corrected chi connectivity index (χ1v) is 7.79. The molecule has 170 valence electrons. The predicted octanol–water partition coefficient (Wildman–Crippen LogP) is -2.10. The van der Waals surface area contributed by atoms with Gasteiger partial charge in [0.25, 0.3) is 0 Å². The Morgan fingerprint density at radius 2 is 0.900 bits per heavy atom. The zero-order chi connectivity index (χ0) is 24.3. The fourth-order valence-electron chi connectivity index (χ4n) is 1.65. The monoisotopic (exact) mass is 440 g/mol. The Labute approximate surface area is 167 Å². The summed E-state index contributed by atoms with van der Waals surface area (Å²) in [5.74, 6) is -10.7. The molecule has 0 aliphatic heterocycles. The van der Waals surface area contributed by atoms with Crippen molar-refractivity contribution in [2.75, 3.05) is 0 Å². The van der Waals surface area contributed by atoms with Gasteiger partial charge in [-0.25, -0.2) is 9.59 Å². The van der Waals surface area contributed by atoms with Crippen molar-refractivity contribution in [3.63, 3.8) is 0 Å². The summed E-state index contributed by atoms with van der Waals surface area (Å²) >= 11 is 0. The highest BCUT2D eigenvalue weighted by atomic mass is 16.6. The minimum Gasteiger partial charge on any atom is -0.481 e. The summed E-state index contributed by atoms with van der Waals surface area (Å²) in [4.78, 5) is 73.2. The molecule has 0 saturated carbocycles. The van der Waals surface area contributed by atoms with E-state index in [2.05, 4.69) is 4.74 Å². The topological polar surface area (TPSA) is 270 Å². The second kappa shape index (κ2) is 12.1. The normalized spacial score (nSPS) is 12.4. The highest BCUT2D eigenvalue weighted by molar-refractivity contribution is 5.92. The van der Waals surface area contributed by atoms with Gasteiger partial charge in [-0.15, -0.1) is 0 Å². The standard InChI is InChI=1S/C9H12O8.C6H8O7/c1-2-6(12)17-7(13)4-9(16,8(14)15)3-5(10)11;7-3(8)1-6(13,5(11)12)2-4(9)10/h16H,2-4H2,1H3,(H,10,11)(H,14,15);13H,1-2H2,(H,7,8)(H,9,10)(H,11,12). The lowest BCUT2D eigenvalue weighted by atomic mass is 9.96. The van der Waals surface area contributed by atoms with E-state index >= 15 is 0 Å². The van der Waals surface area contributed by atoms with Crippen LogP contribution in [0, 0.1) is 0 Å². The number of carboxylic acid groups (broad SMARTS) is 5. The quantitative estimate of drug-likeness (QED) is 0.134. The van der Waals surface area contributed by atoms with E-state index in [1.54, 1.807) is 0 Å². The number of aliphatic carboxylic acids is 5. The summed E-state index contributed by atoms with van der Waals surface area (Å²) in [6, 6.07) is 0. The van der Waals surface area contributed by atoms with Gasteiger partial charge in [0, 0.05) is 6.42 Å². The first-order chi connectivity index (χ1) is 13.5. The zero-order valence-electron chi connectivity index (χ0n) is 15.4. The molecular weight excluding hydrogens is 420 g/mol. The molecule has 0 aromatic rings. The number of carboxylic acids is 5. The maximum Gasteiger partial charge on any atom is 0.336 e. The van der Waals surface area contributed by atoms with Crippen LogP contribution in [0.25, 0.3) is 0 Å². The number of hydrogen-bond acceptors (Lipinski definition) is 10. The van der Waals surface area contributed by atoms with E-state index in [1.165, 1.54) is 6.92 Å². The third kappa shape index (κ3) is 11.3. The molecule has 0 aromatic carbocycles. The van der Waals surface area contributed by atoms with Gasteiger partial charge >= 0.3 is 41.8 Å². The van der Waals surface area contributed by atoms with Crippen LogP contribution < -0.4 is 0 Å². The van der Waals surface area contributed by atoms with Crippen molar-refractivity contribution in [1.82, 2.24) is 0 Å². The smallest absolute Gasteiger partial charge is 0.336 e. The lowest BCUT2D eigenvalue weighted by Gasteiger charge is -2.19. The van der Waals surface area contributed by atoms with Crippen molar-refractivity contribution in [2.45, 2.75) is 50.2 Å². The number of esters is 2. The predicted molar refractivity (Wildman–Crippen MR) is 87.9 cm³/mol. The van der Waals surface area contributed by atoms with Crippen LogP contribution in [0.3, 0.4) is 0 Å². The van der Waals surface area contributed by atoms with Gasteiger partial charge < -0.3 is 40.5 Å². The summed E-state index contributed by atoms with van der Waals surface area (Å²) in [7, 11) is 0. The number of carbonyl (C=O) groups excluding carboxylic acids is 2. The number of ether oxygens (including phenoxy) is 1. The molecule has 0 aromatic heterocycles. The van der Waals surface area contributed by atoms with E-state index in [0.717, 1.165) is 0 Å². The molecule has 0 spiro atoms. The molecule has 1 unspecified atom stereocenters. The van der Waals surface area contributed by atoms with Crippen molar-refractivity contribution in [3.05, 3.63) is 0 Å². The van der Waals surface area contributed by atoms with E-state index in [4.69, 9.17) is 30.6 Å². The molecule has 0 bridgehead atoms. The van der Waals surface area contributed by atoms with Gasteiger partial charge in [-0.1, -0.05) is 6.92 Å². The number of hydrogen-bond donors (Lipinski definition) is 7. The fraction of sp³-hybridized carbons (Fsp3) is 0.533. The molecule has 0 aliphatic rings. The van der Waals surface area contributed by atoms with Crippen LogP contribution >= 0.6 is 0 Å². The minimum atomic E-state index is -2.78. The lowest BCUT2D eigenvalue weighted by Crippen LogP contribution is -2.43. The van der Waals surface area contributed by atoms with Crippen LogP contribution in [-0.2, 0) is 38.3 Å². The molecule has 0 amide bonds. The second-order valence-corrected chi connectivity index (χ2v) is 5.76. The van der Waals surface area contributed by atoms with Gasteiger partial charge in [0.2, 0.25) is 0 Å². The number of carbonyl (C=O) groups is 7. The second-order valence-electron chi connectivity index (χ2n) is 5.76. The molecule has 1 atom stereocenters. The third-order valence-electron chi connectivity index (χ3n) is 3.08. The maximum absolute atomic E-state index is 11.1. The van der Waals surface area contributed by atoms with Gasteiger partial charge in [0.05, 0.1) is 25.7 Å². The minimum absolute atomic E-state index is 0.101. The lowest BCUT2D eigenvalue weighted by molar-refractivity contribution is -0.174. The Balaban J connectivity index is 0. The highest BCUT2D eigenvalue weighted by Crippen LogP contribution is 2.17. The molecule has 0 heterocycles. The summed E-state index contributed by atoms with van der Waals surface area (Å²) in [6.07, 6.45) is -4.67. The van der Waals surface area contributed by atoms with Gasteiger partial charge in [0.15, 0.2) is 11.2 Å². The van der Waals surface area contributed by atoms with Crippen molar-refractivity contribution in [1.29, 1.82) is 0 Å². The molecule has 0 saturated heterocycles. The Bertz CT molecular complexity index is 693. The van der Waals surface area contributed by atoms with Gasteiger partial charge in [0.1, 0.15) is 0 Å². The van der Waals surface area contributed by atoms with Crippen LogP contribution in [-0.4, -0.2) is 88.7 Å². The van der Waals surface area contributed by atoms with Crippen molar-refractivity contribution < 1.29 is 74.0 Å². The molecule has 0 rings (SSSR count). The van der Waals surface area contributed by atoms with Crippen molar-refractivity contribution in [3.8, 4) is 0 Å². The highest BCUT2D eigenvalue weighted by Gasteiger charge is 2.42. The van der Waals surface area contributed by atoms with Crippen LogP contribution in [0.15, 0.2) is 0 Å². The summed E-state index contributed by atoms with van der Waals surface area (Å²) in [5.41, 5.74) is -5.52. The van der Waals surface area contributed by atoms with Gasteiger partial charge in [-0.3, -0.25) is 24.0 Å². The number of aliphatic hydroxyl groups is 2. The maximum atomic E-state index is 11.1. The average molecular weight is 440 g/mol. The summed E-state index contributed by atoms with van der Waals surface area (Å²) < 4.78 is 4.13. The van der Waals surface area contributed by atoms with E-state index in [0.29, 0.717) is 0 Å². The SMILES string of the molecule is CCC(=O)OC(=O)CC(O)(CC(=O)O)C(=O)O.O=C(O)CC(O)(CC(=O)O)C(=O)O. The molecule has 0 fully saturated rings. The molecule has 7 N–H and O–H groups in total. The van der Waals surface area contributed by atoms with Crippen LogP contribution in [0.5, 0.6) is 0 Å². The van der Waals surface area contributed by atoms with Crippen molar-refractivity contribution >= 4 is 41.8 Å². The largest absolute Gasteiger partial charge is 0.481 e. The first-order valence-electron chi connectivity index (χ1n) is 7.79. The van der Waals surface area contributed by atoms with Gasteiger partial charge in [-0.2, -0.15) is 0 Å². The van der Waals surface area contributed by atoms with Crippen LogP contribution in [0.4, 0.5) is 0 Å². The van der Waals surface area contributed by atoms with E-state index in [9.17, 15) is 38.7 Å². The third-order valence-corrected chi connectivity index (χ3v) is 3.08. The number of rotatable bonds is 11. The molecule has 30 heavy (non-hydrogen) atoms. The van der Waals surface area contributed by atoms with Crippen LogP contribution in [0.2, 0.25) is 0 Å². The molecular formula is C15H20O15.